The van der Waals surface area contributed by atoms with E-state index in [1.807, 2.05) is 6.92 Å². The van der Waals surface area contributed by atoms with Crippen molar-refractivity contribution in [1.29, 1.82) is 0 Å². The van der Waals surface area contributed by atoms with Crippen molar-refractivity contribution >= 4 is 11.6 Å². The second kappa shape index (κ2) is 6.33. The number of hydrogen-bond donors (Lipinski definition) is 1. The van der Waals surface area contributed by atoms with E-state index in [4.69, 9.17) is 11.6 Å². The van der Waals surface area contributed by atoms with Crippen LogP contribution in [-0.2, 0) is 13.0 Å². The van der Waals surface area contributed by atoms with Crippen LogP contribution in [0.25, 0.3) is 0 Å². The quantitative estimate of drug-likeness (QED) is 0.918. The fourth-order valence-electron chi connectivity index (χ4n) is 2.27. The van der Waals surface area contributed by atoms with Gasteiger partial charge in [0.2, 0.25) is 0 Å². The van der Waals surface area contributed by atoms with Crippen LogP contribution in [-0.4, -0.2) is 16.8 Å². The first kappa shape index (κ1) is 14.9. The van der Waals surface area contributed by atoms with Gasteiger partial charge in [-0.2, -0.15) is 5.10 Å². The highest BCUT2D eigenvalue weighted by Gasteiger charge is 2.19. The molecule has 0 bridgehead atoms. The van der Waals surface area contributed by atoms with Gasteiger partial charge >= 0.3 is 0 Å². The van der Waals surface area contributed by atoms with Crippen LogP contribution in [0.5, 0.6) is 0 Å². The molecule has 1 aromatic carbocycles. The van der Waals surface area contributed by atoms with Crippen LogP contribution in [0.1, 0.15) is 24.2 Å². The van der Waals surface area contributed by atoms with E-state index in [0.717, 1.165) is 11.8 Å². The Labute approximate surface area is 121 Å². The maximum Gasteiger partial charge on any atom is 0.126 e. The molecule has 1 aromatic heterocycles. The molecule has 1 unspecified atom stereocenters. The number of likely N-dealkylation sites (N-methyl/N-ethyl adjacent to an activating group) is 1. The van der Waals surface area contributed by atoms with Gasteiger partial charge in [0, 0.05) is 12.6 Å². The molecule has 0 fully saturated rings. The van der Waals surface area contributed by atoms with Crippen LogP contribution in [0, 0.1) is 11.6 Å². The Morgan fingerprint density at radius 3 is 2.50 bits per heavy atom. The lowest BCUT2D eigenvalue weighted by Crippen LogP contribution is -2.23. The van der Waals surface area contributed by atoms with Gasteiger partial charge in [-0.3, -0.25) is 4.68 Å². The number of benzene rings is 1. The number of aromatic nitrogens is 2. The molecule has 0 aliphatic heterocycles. The zero-order chi connectivity index (χ0) is 14.7. The van der Waals surface area contributed by atoms with Gasteiger partial charge in [0.05, 0.1) is 23.0 Å². The Bertz CT molecular complexity index is 578. The van der Waals surface area contributed by atoms with Gasteiger partial charge in [-0.05, 0) is 38.1 Å². The second-order valence-corrected chi connectivity index (χ2v) is 4.92. The third-order valence-corrected chi connectivity index (χ3v) is 3.46. The Balaban J connectivity index is 2.31. The van der Waals surface area contributed by atoms with Crippen molar-refractivity contribution in [2.45, 2.75) is 25.9 Å². The number of nitrogens with zero attached hydrogens (tertiary/aromatic N) is 2. The average molecular weight is 300 g/mol. The minimum atomic E-state index is -0.579. The molecule has 0 saturated carbocycles. The van der Waals surface area contributed by atoms with Crippen molar-refractivity contribution in [3.05, 3.63) is 52.3 Å². The fraction of sp³-hybridized carbons (Fsp3) is 0.357. The third kappa shape index (κ3) is 3.16. The molecule has 6 heteroatoms. The fourth-order valence-corrected chi connectivity index (χ4v) is 2.54. The standard InChI is InChI=1S/C14H16ClF2N3/c1-3-20-14(12(15)8-19-20)13(18-2)6-9-4-10(16)7-11(17)5-9/h4-5,7-8,13,18H,3,6H2,1-2H3. The van der Waals surface area contributed by atoms with E-state index < -0.39 is 11.6 Å². The van der Waals surface area contributed by atoms with Gasteiger partial charge in [-0.1, -0.05) is 11.6 Å². The predicted octanol–water partition coefficient (Wildman–Crippen LogP) is 3.34. The molecule has 1 N–H and O–H groups in total. The van der Waals surface area contributed by atoms with Gasteiger partial charge in [0.1, 0.15) is 11.6 Å². The van der Waals surface area contributed by atoms with Crippen LogP contribution in [0.3, 0.4) is 0 Å². The van der Waals surface area contributed by atoms with Gasteiger partial charge in [-0.25, -0.2) is 8.78 Å². The summed E-state index contributed by atoms with van der Waals surface area (Å²) in [7, 11) is 1.78. The number of aryl methyl sites for hydroxylation is 1. The SMILES string of the molecule is CCn1ncc(Cl)c1C(Cc1cc(F)cc(F)c1)NC. The second-order valence-electron chi connectivity index (χ2n) is 4.52. The highest BCUT2D eigenvalue weighted by atomic mass is 35.5. The lowest BCUT2D eigenvalue weighted by molar-refractivity contribution is 0.509. The number of nitrogens with one attached hydrogen (secondary N) is 1. The van der Waals surface area contributed by atoms with Crippen molar-refractivity contribution in [3.63, 3.8) is 0 Å². The van der Waals surface area contributed by atoms with E-state index in [1.165, 1.54) is 12.1 Å². The molecular formula is C14H16ClF2N3. The van der Waals surface area contributed by atoms with Crippen molar-refractivity contribution < 1.29 is 8.78 Å². The van der Waals surface area contributed by atoms with E-state index >= 15 is 0 Å². The molecule has 1 atom stereocenters. The van der Waals surface area contributed by atoms with Crippen LogP contribution in [0.4, 0.5) is 8.78 Å². The van der Waals surface area contributed by atoms with Gasteiger partial charge in [0.25, 0.3) is 0 Å². The predicted molar refractivity (Wildman–Crippen MR) is 74.8 cm³/mol. The zero-order valence-corrected chi connectivity index (χ0v) is 12.1. The Morgan fingerprint density at radius 1 is 1.30 bits per heavy atom. The molecule has 0 radical (unpaired) electrons. The minimum Gasteiger partial charge on any atom is -0.311 e. The molecule has 3 nitrogen and oxygen atoms in total. The van der Waals surface area contributed by atoms with Crippen LogP contribution >= 0.6 is 11.6 Å². The molecule has 0 amide bonds. The molecule has 20 heavy (non-hydrogen) atoms. The average Bonchev–Trinajstić information content (AvgIpc) is 2.76. The minimum absolute atomic E-state index is 0.161. The molecule has 2 rings (SSSR count). The zero-order valence-electron chi connectivity index (χ0n) is 11.3. The molecule has 1 heterocycles. The van der Waals surface area contributed by atoms with Gasteiger partial charge < -0.3 is 5.32 Å². The highest BCUT2D eigenvalue weighted by molar-refractivity contribution is 6.31. The van der Waals surface area contributed by atoms with E-state index in [2.05, 4.69) is 10.4 Å². The van der Waals surface area contributed by atoms with E-state index in [-0.39, 0.29) is 6.04 Å². The first-order valence-corrected chi connectivity index (χ1v) is 6.76. The molecule has 0 spiro atoms. The van der Waals surface area contributed by atoms with Crippen molar-refractivity contribution in [1.82, 2.24) is 15.1 Å². The summed E-state index contributed by atoms with van der Waals surface area (Å²) >= 11 is 6.15. The largest absolute Gasteiger partial charge is 0.311 e. The Hall–Kier alpha value is -1.46. The van der Waals surface area contributed by atoms with E-state index in [0.29, 0.717) is 23.6 Å². The summed E-state index contributed by atoms with van der Waals surface area (Å²) in [5, 5.41) is 7.84. The molecule has 0 saturated heterocycles. The van der Waals surface area contributed by atoms with Crippen molar-refractivity contribution in [3.8, 4) is 0 Å². The van der Waals surface area contributed by atoms with Gasteiger partial charge in [-0.15, -0.1) is 0 Å². The number of hydrogen-bond acceptors (Lipinski definition) is 2. The summed E-state index contributed by atoms with van der Waals surface area (Å²) in [4.78, 5) is 0. The summed E-state index contributed by atoms with van der Waals surface area (Å²) in [6.07, 6.45) is 2.01. The monoisotopic (exact) mass is 299 g/mol. The highest BCUT2D eigenvalue weighted by Crippen LogP contribution is 2.26. The third-order valence-electron chi connectivity index (χ3n) is 3.17. The molecular weight excluding hydrogens is 284 g/mol. The summed E-state index contributed by atoms with van der Waals surface area (Å²) in [5.74, 6) is -1.16. The lowest BCUT2D eigenvalue weighted by atomic mass is 10.0. The summed E-state index contributed by atoms with van der Waals surface area (Å²) in [5.41, 5.74) is 1.39. The summed E-state index contributed by atoms with van der Waals surface area (Å²) < 4.78 is 28.3. The molecule has 0 aliphatic carbocycles. The first-order valence-electron chi connectivity index (χ1n) is 6.38. The smallest absolute Gasteiger partial charge is 0.126 e. The number of rotatable bonds is 5. The topological polar surface area (TPSA) is 29.9 Å². The summed E-state index contributed by atoms with van der Waals surface area (Å²) in [6.45, 7) is 2.64. The van der Waals surface area contributed by atoms with Crippen molar-refractivity contribution in [2.24, 2.45) is 0 Å². The lowest BCUT2D eigenvalue weighted by Gasteiger charge is -2.18. The van der Waals surface area contributed by atoms with E-state index in [1.54, 1.807) is 17.9 Å². The van der Waals surface area contributed by atoms with Crippen LogP contribution in [0.15, 0.2) is 24.4 Å². The maximum absolute atomic E-state index is 13.2. The van der Waals surface area contributed by atoms with Crippen LogP contribution < -0.4 is 5.32 Å². The Kier molecular flexibility index (Phi) is 4.73. The molecule has 108 valence electrons. The first-order chi connectivity index (χ1) is 9.55. The molecule has 0 aliphatic rings. The van der Waals surface area contributed by atoms with Crippen LogP contribution in [0.2, 0.25) is 5.02 Å². The molecule has 2 aromatic rings. The van der Waals surface area contributed by atoms with E-state index in [9.17, 15) is 8.78 Å². The number of halogens is 3. The van der Waals surface area contributed by atoms with Gasteiger partial charge in [0.15, 0.2) is 0 Å². The maximum atomic E-state index is 13.2. The summed E-state index contributed by atoms with van der Waals surface area (Å²) in [6, 6.07) is 3.36. The Morgan fingerprint density at radius 2 is 1.95 bits per heavy atom. The normalized spacial score (nSPS) is 12.7. The van der Waals surface area contributed by atoms with Crippen molar-refractivity contribution in [2.75, 3.05) is 7.05 Å².